The van der Waals surface area contributed by atoms with Crippen LogP contribution in [0.5, 0.6) is 0 Å². The molecule has 1 heteroatoms. The summed E-state index contributed by atoms with van der Waals surface area (Å²) in [6.07, 6.45) is 2.36. The van der Waals surface area contributed by atoms with Crippen LogP contribution in [0.1, 0.15) is 57.7 Å². The highest BCUT2D eigenvalue weighted by Gasteiger charge is 2.66. The van der Waals surface area contributed by atoms with Crippen molar-refractivity contribution in [2.24, 2.45) is 16.7 Å². The number of aryl methyl sites for hydroxylation is 2. The maximum atomic E-state index is 3.83. The molecule has 0 aromatic heterocycles. The quantitative estimate of drug-likeness (QED) is 0.785. The van der Waals surface area contributed by atoms with E-state index in [0.717, 1.165) is 18.9 Å². The first-order chi connectivity index (χ1) is 9.71. The van der Waals surface area contributed by atoms with E-state index in [1.165, 1.54) is 23.1 Å². The summed E-state index contributed by atoms with van der Waals surface area (Å²) in [6.45, 7) is 17.5. The Bertz CT molecular complexity index is 485. The van der Waals surface area contributed by atoms with Gasteiger partial charge in [0.15, 0.2) is 0 Å². The Morgan fingerprint density at radius 2 is 1.67 bits per heavy atom. The van der Waals surface area contributed by atoms with Crippen molar-refractivity contribution < 1.29 is 0 Å². The molecule has 0 heterocycles. The average Bonchev–Trinajstić information content (AvgIpc) is 2.80. The van der Waals surface area contributed by atoms with Gasteiger partial charge in [-0.25, -0.2) is 0 Å². The molecule has 1 aliphatic carbocycles. The molecule has 2 rings (SSSR count). The first kappa shape index (κ1) is 16.5. The Balaban J connectivity index is 2.16. The molecule has 1 aliphatic rings. The van der Waals surface area contributed by atoms with Crippen LogP contribution >= 0.6 is 0 Å². The molecule has 0 aliphatic heterocycles. The third-order valence-corrected chi connectivity index (χ3v) is 6.22. The number of hydrogen-bond donors (Lipinski definition) is 1. The van der Waals surface area contributed by atoms with E-state index in [1.807, 2.05) is 0 Å². The van der Waals surface area contributed by atoms with Crippen LogP contribution in [-0.4, -0.2) is 12.6 Å². The van der Waals surface area contributed by atoms with Crippen LogP contribution < -0.4 is 5.32 Å². The van der Waals surface area contributed by atoms with Crippen molar-refractivity contribution in [1.82, 2.24) is 5.32 Å². The molecule has 0 amide bonds. The molecule has 0 saturated heterocycles. The van der Waals surface area contributed by atoms with E-state index in [0.29, 0.717) is 16.9 Å². The van der Waals surface area contributed by atoms with E-state index < -0.39 is 0 Å². The fourth-order valence-corrected chi connectivity index (χ4v) is 4.08. The zero-order valence-corrected chi connectivity index (χ0v) is 15.0. The molecule has 1 aromatic rings. The van der Waals surface area contributed by atoms with Crippen LogP contribution in [0.25, 0.3) is 0 Å². The van der Waals surface area contributed by atoms with Crippen LogP contribution in [0.3, 0.4) is 0 Å². The number of nitrogens with one attached hydrogen (secondary N) is 1. The van der Waals surface area contributed by atoms with Gasteiger partial charge in [-0.2, -0.15) is 0 Å². The zero-order chi connectivity index (χ0) is 15.8. The van der Waals surface area contributed by atoms with E-state index in [9.17, 15) is 0 Å². The van der Waals surface area contributed by atoms with Crippen molar-refractivity contribution in [2.75, 3.05) is 6.54 Å². The minimum Gasteiger partial charge on any atom is -0.313 e. The highest BCUT2D eigenvalue weighted by atomic mass is 15.0. The van der Waals surface area contributed by atoms with Crippen LogP contribution in [0.15, 0.2) is 18.2 Å². The van der Waals surface area contributed by atoms with E-state index in [2.05, 4.69) is 72.0 Å². The lowest BCUT2D eigenvalue weighted by Gasteiger charge is -2.21. The van der Waals surface area contributed by atoms with Gasteiger partial charge in [0.25, 0.3) is 0 Å². The minimum atomic E-state index is 0.443. The number of hydrogen-bond acceptors (Lipinski definition) is 1. The van der Waals surface area contributed by atoms with Crippen LogP contribution in [0.2, 0.25) is 0 Å². The summed E-state index contributed by atoms with van der Waals surface area (Å²) in [5.74, 6) is 0.762. The topological polar surface area (TPSA) is 12.0 Å². The van der Waals surface area contributed by atoms with Crippen LogP contribution in [0.4, 0.5) is 0 Å². The number of rotatable bonds is 6. The van der Waals surface area contributed by atoms with Crippen LogP contribution in [0, 0.1) is 30.6 Å². The Labute approximate surface area is 131 Å². The summed E-state index contributed by atoms with van der Waals surface area (Å²) in [4.78, 5) is 0. The SMILES string of the molecule is CCCNC(Cc1ccc(C)c(C)c1)C1C(C)(C)C1(C)C. The minimum absolute atomic E-state index is 0.443. The van der Waals surface area contributed by atoms with Gasteiger partial charge in [0.1, 0.15) is 0 Å². The molecule has 0 spiro atoms. The summed E-state index contributed by atoms with van der Waals surface area (Å²) in [7, 11) is 0. The van der Waals surface area contributed by atoms with E-state index in [-0.39, 0.29) is 0 Å². The molecule has 0 bridgehead atoms. The van der Waals surface area contributed by atoms with Crippen molar-refractivity contribution in [3.63, 3.8) is 0 Å². The molecule has 1 aromatic carbocycles. The first-order valence-electron chi connectivity index (χ1n) is 8.51. The lowest BCUT2D eigenvalue weighted by molar-refractivity contribution is 0.395. The van der Waals surface area contributed by atoms with Gasteiger partial charge in [-0.1, -0.05) is 52.8 Å². The van der Waals surface area contributed by atoms with Gasteiger partial charge in [0.2, 0.25) is 0 Å². The van der Waals surface area contributed by atoms with Crippen molar-refractivity contribution in [3.8, 4) is 0 Å². The molecule has 1 nitrogen and oxygen atoms in total. The molecule has 21 heavy (non-hydrogen) atoms. The van der Waals surface area contributed by atoms with Crippen molar-refractivity contribution in [2.45, 2.75) is 67.3 Å². The Morgan fingerprint density at radius 3 is 2.14 bits per heavy atom. The second-order valence-corrected chi connectivity index (χ2v) is 8.10. The largest absolute Gasteiger partial charge is 0.313 e. The van der Waals surface area contributed by atoms with Gasteiger partial charge in [-0.05, 0) is 66.7 Å². The smallest absolute Gasteiger partial charge is 0.0146 e. The molecule has 1 fully saturated rings. The van der Waals surface area contributed by atoms with Gasteiger partial charge < -0.3 is 5.32 Å². The van der Waals surface area contributed by atoms with Gasteiger partial charge in [0, 0.05) is 6.04 Å². The molecule has 1 atom stereocenters. The van der Waals surface area contributed by atoms with E-state index >= 15 is 0 Å². The third kappa shape index (κ3) is 3.04. The van der Waals surface area contributed by atoms with Crippen molar-refractivity contribution in [3.05, 3.63) is 34.9 Å². The zero-order valence-electron chi connectivity index (χ0n) is 15.0. The normalized spacial score (nSPS) is 21.3. The fourth-order valence-electron chi connectivity index (χ4n) is 4.08. The van der Waals surface area contributed by atoms with E-state index in [4.69, 9.17) is 0 Å². The summed E-state index contributed by atoms with van der Waals surface area (Å²) in [5, 5.41) is 3.83. The van der Waals surface area contributed by atoms with Crippen LogP contribution in [-0.2, 0) is 6.42 Å². The monoisotopic (exact) mass is 287 g/mol. The third-order valence-electron chi connectivity index (χ3n) is 6.22. The maximum Gasteiger partial charge on any atom is 0.0146 e. The summed E-state index contributed by atoms with van der Waals surface area (Å²) >= 11 is 0. The van der Waals surface area contributed by atoms with Crippen molar-refractivity contribution >= 4 is 0 Å². The molecule has 1 unspecified atom stereocenters. The van der Waals surface area contributed by atoms with Gasteiger partial charge in [-0.3, -0.25) is 0 Å². The highest BCUT2D eigenvalue weighted by Crippen LogP contribution is 2.69. The van der Waals surface area contributed by atoms with Gasteiger partial charge in [-0.15, -0.1) is 0 Å². The maximum absolute atomic E-state index is 3.83. The Hall–Kier alpha value is -0.820. The summed E-state index contributed by atoms with van der Waals surface area (Å²) in [5.41, 5.74) is 5.17. The predicted octanol–water partition coefficient (Wildman–Crippen LogP) is 4.90. The van der Waals surface area contributed by atoms with Crippen molar-refractivity contribution in [1.29, 1.82) is 0 Å². The predicted molar refractivity (Wildman–Crippen MR) is 92.8 cm³/mol. The second-order valence-electron chi connectivity index (χ2n) is 8.10. The fraction of sp³-hybridized carbons (Fsp3) is 0.700. The molecule has 1 saturated carbocycles. The lowest BCUT2D eigenvalue weighted by atomic mass is 9.95. The highest BCUT2D eigenvalue weighted by molar-refractivity contribution is 5.31. The van der Waals surface area contributed by atoms with E-state index in [1.54, 1.807) is 0 Å². The Morgan fingerprint density at radius 1 is 1.05 bits per heavy atom. The molecule has 118 valence electrons. The summed E-state index contributed by atoms with van der Waals surface area (Å²) < 4.78 is 0. The first-order valence-corrected chi connectivity index (χ1v) is 8.51. The molecular formula is C20H33N. The molecule has 0 radical (unpaired) electrons. The van der Waals surface area contributed by atoms with Gasteiger partial charge in [0.05, 0.1) is 0 Å². The average molecular weight is 287 g/mol. The standard InChI is InChI=1S/C20H33N/c1-8-11-21-17(18-19(4,5)20(18,6)7)13-16-10-9-14(2)15(3)12-16/h9-10,12,17-18,21H,8,11,13H2,1-7H3. The molecule has 1 N–H and O–H groups in total. The number of benzene rings is 1. The Kier molecular flexibility index (Phi) is 4.54. The summed E-state index contributed by atoms with van der Waals surface area (Å²) in [6, 6.07) is 7.55. The molecular weight excluding hydrogens is 254 g/mol. The lowest BCUT2D eigenvalue weighted by Crippen LogP contribution is -2.36. The second kappa shape index (κ2) is 5.76. The van der Waals surface area contributed by atoms with Gasteiger partial charge >= 0.3 is 0 Å².